The van der Waals surface area contributed by atoms with Crippen LogP contribution >= 0.6 is 11.6 Å². The van der Waals surface area contributed by atoms with E-state index in [4.69, 9.17) is 11.6 Å². The third-order valence-electron chi connectivity index (χ3n) is 4.70. The fourth-order valence-corrected chi connectivity index (χ4v) is 4.79. The van der Waals surface area contributed by atoms with Gasteiger partial charge in [0.25, 0.3) is 10.0 Å². The number of hydrogen-bond donors (Lipinski definition) is 0. The maximum absolute atomic E-state index is 12.2. The third-order valence-corrected chi connectivity index (χ3v) is 6.26. The Balaban J connectivity index is 1.56. The van der Waals surface area contributed by atoms with E-state index in [9.17, 15) is 8.42 Å². The van der Waals surface area contributed by atoms with E-state index in [2.05, 4.69) is 21.1 Å². The van der Waals surface area contributed by atoms with Gasteiger partial charge in [-0.2, -0.15) is 8.42 Å². The molecule has 0 saturated carbocycles. The van der Waals surface area contributed by atoms with Crippen molar-refractivity contribution in [3.05, 3.63) is 58.6 Å². The lowest BCUT2D eigenvalue weighted by Crippen LogP contribution is -2.49. The van der Waals surface area contributed by atoms with Crippen molar-refractivity contribution in [2.24, 2.45) is 4.40 Å². The molecular formula is C18H18ClN3O2S. The van der Waals surface area contributed by atoms with E-state index in [1.807, 2.05) is 30.3 Å². The molecule has 0 spiro atoms. The first kappa shape index (κ1) is 16.4. The van der Waals surface area contributed by atoms with Crippen molar-refractivity contribution in [2.45, 2.75) is 11.8 Å². The van der Waals surface area contributed by atoms with E-state index in [0.717, 1.165) is 23.8 Å². The molecule has 0 aliphatic carbocycles. The molecule has 1 saturated heterocycles. The second-order valence-corrected chi connectivity index (χ2v) is 8.30. The van der Waals surface area contributed by atoms with Gasteiger partial charge >= 0.3 is 0 Å². The molecule has 0 bridgehead atoms. The molecule has 2 aromatic rings. The smallest absolute Gasteiger partial charge is 0.285 e. The lowest BCUT2D eigenvalue weighted by Gasteiger charge is -2.37. The van der Waals surface area contributed by atoms with E-state index in [-0.39, 0.29) is 0 Å². The minimum atomic E-state index is -3.57. The highest BCUT2D eigenvalue weighted by Crippen LogP contribution is 2.29. The predicted molar refractivity (Wildman–Crippen MR) is 100 cm³/mol. The monoisotopic (exact) mass is 375 g/mol. The summed E-state index contributed by atoms with van der Waals surface area (Å²) in [5.41, 5.74) is 3.02. The summed E-state index contributed by atoms with van der Waals surface area (Å²) in [6.07, 6.45) is 0. The van der Waals surface area contributed by atoms with E-state index in [1.165, 1.54) is 5.56 Å². The number of sulfonamides is 1. The fraction of sp³-hybridized carbons (Fsp3) is 0.278. The molecule has 0 unspecified atom stereocenters. The first-order valence-electron chi connectivity index (χ1n) is 8.16. The second kappa shape index (κ2) is 6.04. The second-order valence-electron chi connectivity index (χ2n) is 6.29. The molecular weight excluding hydrogens is 358 g/mol. The van der Waals surface area contributed by atoms with Crippen molar-refractivity contribution in [1.29, 1.82) is 0 Å². The fourth-order valence-electron chi connectivity index (χ4n) is 3.40. The highest BCUT2D eigenvalue weighted by atomic mass is 35.5. The number of anilines is 1. The summed E-state index contributed by atoms with van der Waals surface area (Å²) in [6.45, 7) is 5.09. The Labute approximate surface area is 152 Å². The first-order chi connectivity index (χ1) is 12.0. The van der Waals surface area contributed by atoms with Crippen LogP contribution in [0.4, 0.5) is 5.69 Å². The van der Waals surface area contributed by atoms with Crippen molar-refractivity contribution in [3.63, 3.8) is 0 Å². The molecule has 0 radical (unpaired) electrons. The van der Waals surface area contributed by atoms with Crippen LogP contribution in [0.15, 0.2) is 51.8 Å². The lowest BCUT2D eigenvalue weighted by molar-refractivity contribution is 0.387. The lowest BCUT2D eigenvalue weighted by atomic mass is 10.1. The van der Waals surface area contributed by atoms with Crippen LogP contribution in [0.25, 0.3) is 0 Å². The number of fused-ring (bicyclic) bond motifs is 1. The van der Waals surface area contributed by atoms with Crippen molar-refractivity contribution in [1.82, 2.24) is 4.90 Å². The van der Waals surface area contributed by atoms with Gasteiger partial charge in [-0.25, -0.2) is 0 Å². The summed E-state index contributed by atoms with van der Waals surface area (Å²) in [6, 6.07) is 12.9. The quantitative estimate of drug-likeness (QED) is 0.769. The van der Waals surface area contributed by atoms with Gasteiger partial charge in [-0.3, -0.25) is 0 Å². The number of amidine groups is 1. The molecule has 2 aliphatic heterocycles. The average molecular weight is 376 g/mol. The van der Waals surface area contributed by atoms with E-state index < -0.39 is 10.0 Å². The number of piperazine rings is 1. The minimum absolute atomic E-state index is 0.304. The van der Waals surface area contributed by atoms with Crippen LogP contribution < -0.4 is 4.90 Å². The van der Waals surface area contributed by atoms with Crippen LogP contribution in [-0.4, -0.2) is 45.3 Å². The molecule has 4 rings (SSSR count). The molecule has 7 heteroatoms. The number of rotatable bonds is 1. The number of nitrogens with zero attached hydrogens (tertiary/aromatic N) is 3. The van der Waals surface area contributed by atoms with Gasteiger partial charge in [-0.05, 0) is 36.8 Å². The summed E-state index contributed by atoms with van der Waals surface area (Å²) in [4.78, 5) is 4.64. The Kier molecular flexibility index (Phi) is 3.96. The standard InChI is InChI=1S/C18H18ClN3O2S/c1-13-6-7-14(19)12-16(13)21-8-10-22(11-9-21)18-15-4-2-3-5-17(15)25(23,24)20-18/h2-7,12H,8-11H2,1H3. The maximum atomic E-state index is 12.2. The summed E-state index contributed by atoms with van der Waals surface area (Å²) in [5.74, 6) is 0.568. The number of halogens is 1. The summed E-state index contributed by atoms with van der Waals surface area (Å²) < 4.78 is 28.5. The molecule has 0 atom stereocenters. The zero-order chi connectivity index (χ0) is 17.6. The number of hydrogen-bond acceptors (Lipinski definition) is 4. The minimum Gasteiger partial charge on any atom is -0.368 e. The Morgan fingerprint density at radius 3 is 2.44 bits per heavy atom. The third kappa shape index (κ3) is 2.89. The zero-order valence-corrected chi connectivity index (χ0v) is 15.4. The highest BCUT2D eigenvalue weighted by molar-refractivity contribution is 7.90. The van der Waals surface area contributed by atoms with Gasteiger partial charge in [0.15, 0.2) is 5.84 Å². The van der Waals surface area contributed by atoms with Crippen molar-refractivity contribution < 1.29 is 8.42 Å². The van der Waals surface area contributed by atoms with Gasteiger partial charge in [-0.1, -0.05) is 29.8 Å². The average Bonchev–Trinajstić information content (AvgIpc) is 2.89. The van der Waals surface area contributed by atoms with Crippen LogP contribution in [0.1, 0.15) is 11.1 Å². The van der Waals surface area contributed by atoms with Gasteiger partial charge in [0.2, 0.25) is 0 Å². The molecule has 0 aromatic heterocycles. The summed E-state index contributed by atoms with van der Waals surface area (Å²) >= 11 is 6.13. The summed E-state index contributed by atoms with van der Waals surface area (Å²) in [5, 5.41) is 0.725. The molecule has 2 aliphatic rings. The van der Waals surface area contributed by atoms with Gasteiger partial charge in [0.05, 0.1) is 0 Å². The number of aryl methyl sites for hydroxylation is 1. The largest absolute Gasteiger partial charge is 0.368 e. The predicted octanol–water partition coefficient (Wildman–Crippen LogP) is 2.92. The Bertz CT molecular complexity index is 964. The van der Waals surface area contributed by atoms with Gasteiger partial charge < -0.3 is 9.80 Å². The Hall–Kier alpha value is -2.05. The van der Waals surface area contributed by atoms with Crippen LogP contribution in [0.3, 0.4) is 0 Å². The topological polar surface area (TPSA) is 53.0 Å². The molecule has 5 nitrogen and oxygen atoms in total. The van der Waals surface area contributed by atoms with E-state index >= 15 is 0 Å². The molecule has 0 amide bonds. The number of benzene rings is 2. The summed E-state index contributed by atoms with van der Waals surface area (Å²) in [7, 11) is -3.57. The zero-order valence-electron chi connectivity index (χ0n) is 13.8. The van der Waals surface area contributed by atoms with Gasteiger partial charge in [-0.15, -0.1) is 4.40 Å². The maximum Gasteiger partial charge on any atom is 0.285 e. The van der Waals surface area contributed by atoms with Crippen LogP contribution in [0.5, 0.6) is 0 Å². The van der Waals surface area contributed by atoms with Crippen molar-refractivity contribution in [2.75, 3.05) is 31.1 Å². The molecule has 2 aromatic carbocycles. The molecule has 0 N–H and O–H groups in total. The highest BCUT2D eigenvalue weighted by Gasteiger charge is 2.33. The van der Waals surface area contributed by atoms with Crippen molar-refractivity contribution >= 4 is 33.1 Å². The Morgan fingerprint density at radius 1 is 1.00 bits per heavy atom. The Morgan fingerprint density at radius 2 is 1.68 bits per heavy atom. The van der Waals surface area contributed by atoms with E-state index in [0.29, 0.717) is 29.4 Å². The molecule has 25 heavy (non-hydrogen) atoms. The molecule has 1 fully saturated rings. The molecule has 130 valence electrons. The van der Waals surface area contributed by atoms with Crippen molar-refractivity contribution in [3.8, 4) is 0 Å². The van der Waals surface area contributed by atoms with Crippen LogP contribution in [0, 0.1) is 6.92 Å². The van der Waals surface area contributed by atoms with Gasteiger partial charge in [0.1, 0.15) is 4.90 Å². The van der Waals surface area contributed by atoms with Gasteiger partial charge in [0, 0.05) is 42.5 Å². The van der Waals surface area contributed by atoms with Crippen LogP contribution in [-0.2, 0) is 10.0 Å². The SMILES string of the molecule is Cc1ccc(Cl)cc1N1CCN(C2=NS(=O)(=O)c3ccccc32)CC1. The first-order valence-corrected chi connectivity index (χ1v) is 9.98. The van der Waals surface area contributed by atoms with Crippen LogP contribution in [0.2, 0.25) is 5.02 Å². The molecule has 2 heterocycles. The van der Waals surface area contributed by atoms with E-state index in [1.54, 1.807) is 12.1 Å². The normalized spacial score (nSPS) is 18.9.